The molecule has 0 nitrogen and oxygen atoms in total. The Labute approximate surface area is 165 Å². The number of hydrogen-bond donors (Lipinski definition) is 0. The SMILES string of the molecule is C[Si](C)=[Zr]([C]1=CC=CC1)[CH]1c2ccccc2-c2ccccc21.Cl.Cl. The first-order valence-electron chi connectivity index (χ1n) is 7.99. The minimum Gasteiger partial charge on any atom is -0.147 e. The zero-order chi connectivity index (χ0) is 15.1. The van der Waals surface area contributed by atoms with E-state index in [1.165, 1.54) is 17.5 Å². The van der Waals surface area contributed by atoms with E-state index in [1.54, 1.807) is 11.1 Å². The van der Waals surface area contributed by atoms with Gasteiger partial charge in [-0.1, -0.05) is 0 Å². The van der Waals surface area contributed by atoms with E-state index in [0.29, 0.717) is 0 Å². The molecule has 4 heteroatoms. The maximum Gasteiger partial charge on any atom is -0.147 e. The van der Waals surface area contributed by atoms with Crippen molar-refractivity contribution in [2.45, 2.75) is 23.1 Å². The fraction of sp³-hybridized carbons (Fsp3) is 0.200. The number of halogens is 2. The molecule has 2 aromatic carbocycles. The summed E-state index contributed by atoms with van der Waals surface area (Å²) in [7, 11) is 0. The molecular formula is C20H22Cl2SiZr. The molecule has 0 unspecified atom stereocenters. The van der Waals surface area contributed by atoms with Gasteiger partial charge in [-0.05, 0) is 0 Å². The standard InChI is InChI=1S/C13H9.C5H5.C2H6Si.2ClH.Zr/c1-3-7-12-10(5-1)9-11-6-2-4-8-13(11)12;1-2-4-5-3-1;1-3-2;;;/h1-9H;1-3H,4H2;1-2H3;2*1H;. The summed E-state index contributed by atoms with van der Waals surface area (Å²) in [4.78, 5) is 0. The predicted octanol–water partition coefficient (Wildman–Crippen LogP) is 6.31. The van der Waals surface area contributed by atoms with Crippen LogP contribution in [-0.4, -0.2) is 5.43 Å². The monoisotopic (exact) mass is 450 g/mol. The fourth-order valence-electron chi connectivity index (χ4n) is 3.91. The van der Waals surface area contributed by atoms with Crippen LogP contribution < -0.4 is 0 Å². The van der Waals surface area contributed by atoms with Gasteiger partial charge in [0.2, 0.25) is 0 Å². The van der Waals surface area contributed by atoms with Crippen LogP contribution in [0, 0.1) is 0 Å². The van der Waals surface area contributed by atoms with E-state index in [0.717, 1.165) is 3.63 Å². The summed E-state index contributed by atoms with van der Waals surface area (Å²) in [6, 6.07) is 18.3. The predicted molar refractivity (Wildman–Crippen MR) is 108 cm³/mol. The first-order valence-corrected chi connectivity index (χ1v) is 16.8. The van der Waals surface area contributed by atoms with Crippen LogP contribution >= 0.6 is 24.8 Å². The Kier molecular flexibility index (Phi) is 6.90. The number of benzene rings is 2. The molecule has 0 fully saturated rings. The van der Waals surface area contributed by atoms with Gasteiger partial charge < -0.3 is 0 Å². The third-order valence-corrected chi connectivity index (χ3v) is 23.0. The molecule has 4 rings (SSSR count). The topological polar surface area (TPSA) is 0 Å². The Balaban J connectivity index is 0.00000104. The van der Waals surface area contributed by atoms with Crippen LogP contribution in [0.1, 0.15) is 21.2 Å². The molecule has 0 heterocycles. The Morgan fingerprint density at radius 3 is 1.88 bits per heavy atom. The number of fused-ring (bicyclic) bond motifs is 3. The summed E-state index contributed by atoms with van der Waals surface area (Å²) in [6.45, 7) is 5.12. The summed E-state index contributed by atoms with van der Waals surface area (Å²) in [5.74, 6) is 0. The minimum absolute atomic E-state index is 0. The molecule has 24 heavy (non-hydrogen) atoms. The first kappa shape index (κ1) is 19.9. The van der Waals surface area contributed by atoms with Gasteiger partial charge in [0.25, 0.3) is 0 Å². The molecule has 0 saturated carbocycles. The van der Waals surface area contributed by atoms with Crippen molar-refractivity contribution in [3.8, 4) is 11.1 Å². The van der Waals surface area contributed by atoms with Gasteiger partial charge in [-0.15, -0.1) is 24.8 Å². The molecule has 0 N–H and O–H groups in total. The molecule has 124 valence electrons. The van der Waals surface area contributed by atoms with Gasteiger partial charge in [0.15, 0.2) is 0 Å². The quantitative estimate of drug-likeness (QED) is 0.468. The third-order valence-electron chi connectivity index (χ3n) is 4.78. The Morgan fingerprint density at radius 1 is 0.875 bits per heavy atom. The van der Waals surface area contributed by atoms with E-state index in [9.17, 15) is 0 Å². The molecular weight excluding hydrogens is 430 g/mol. The van der Waals surface area contributed by atoms with Crippen molar-refractivity contribution in [3.63, 3.8) is 0 Å². The Morgan fingerprint density at radius 2 is 1.42 bits per heavy atom. The van der Waals surface area contributed by atoms with Crippen LogP contribution in [0.15, 0.2) is 70.0 Å². The van der Waals surface area contributed by atoms with Gasteiger partial charge in [0.1, 0.15) is 0 Å². The van der Waals surface area contributed by atoms with Gasteiger partial charge in [-0.2, -0.15) is 0 Å². The smallest absolute Gasteiger partial charge is 0.147 e. The van der Waals surface area contributed by atoms with E-state index in [1.807, 2.05) is 3.28 Å². The number of allylic oxidation sites excluding steroid dienone is 4. The van der Waals surface area contributed by atoms with Crippen molar-refractivity contribution in [1.29, 1.82) is 0 Å². The van der Waals surface area contributed by atoms with Crippen molar-refractivity contribution in [1.82, 2.24) is 0 Å². The van der Waals surface area contributed by atoms with Crippen molar-refractivity contribution in [2.24, 2.45) is 0 Å². The van der Waals surface area contributed by atoms with E-state index >= 15 is 0 Å². The average Bonchev–Trinajstić information content (AvgIpc) is 3.16. The van der Waals surface area contributed by atoms with Crippen molar-refractivity contribution in [3.05, 3.63) is 81.2 Å². The van der Waals surface area contributed by atoms with E-state index in [-0.39, 0.29) is 30.2 Å². The molecule has 0 aromatic heterocycles. The molecule has 2 aliphatic carbocycles. The summed E-state index contributed by atoms with van der Waals surface area (Å²) >= 11 is -1.68. The molecule has 2 aliphatic rings. The molecule has 0 radical (unpaired) electrons. The molecule has 0 amide bonds. The summed E-state index contributed by atoms with van der Waals surface area (Å²) in [5.41, 5.74) is 6.00. The largest absolute Gasteiger partial charge is 0.147 e. The number of rotatable bonds is 2. The zero-order valence-corrected chi connectivity index (χ0v) is 19.0. The van der Waals surface area contributed by atoms with Crippen molar-refractivity contribution < 1.29 is 20.4 Å². The fourth-order valence-corrected chi connectivity index (χ4v) is 22.2. The second kappa shape index (κ2) is 8.32. The summed E-state index contributed by atoms with van der Waals surface area (Å²) in [6.07, 6.45) is 8.32. The Hall–Kier alpha value is -0.400. The molecule has 0 bridgehead atoms. The van der Waals surface area contributed by atoms with Crippen molar-refractivity contribution >= 4 is 30.2 Å². The van der Waals surface area contributed by atoms with Crippen LogP contribution in [0.2, 0.25) is 13.1 Å². The Bertz CT molecular complexity index is 803. The molecule has 2 aromatic rings. The van der Waals surface area contributed by atoms with E-state index in [4.69, 9.17) is 0 Å². The normalized spacial score (nSPS) is 14.2. The second-order valence-electron chi connectivity index (χ2n) is 6.35. The van der Waals surface area contributed by atoms with Gasteiger partial charge in [-0.3, -0.25) is 0 Å². The van der Waals surface area contributed by atoms with Crippen LogP contribution in [-0.2, 0) is 20.4 Å². The van der Waals surface area contributed by atoms with E-state index in [2.05, 4.69) is 79.9 Å². The molecule has 0 spiro atoms. The molecule has 0 aliphatic heterocycles. The first-order chi connectivity index (χ1) is 10.8. The summed E-state index contributed by atoms with van der Waals surface area (Å²) < 4.78 is 2.57. The van der Waals surface area contributed by atoms with Crippen LogP contribution in [0.4, 0.5) is 0 Å². The van der Waals surface area contributed by atoms with Crippen LogP contribution in [0.5, 0.6) is 0 Å². The maximum absolute atomic E-state index is 2.56. The number of hydrogen-bond acceptors (Lipinski definition) is 0. The van der Waals surface area contributed by atoms with Gasteiger partial charge in [0.05, 0.1) is 0 Å². The van der Waals surface area contributed by atoms with Crippen LogP contribution in [0.25, 0.3) is 11.1 Å². The molecule has 0 saturated heterocycles. The van der Waals surface area contributed by atoms with Gasteiger partial charge in [0, 0.05) is 0 Å². The van der Waals surface area contributed by atoms with Crippen molar-refractivity contribution in [2.75, 3.05) is 0 Å². The molecule has 0 atom stereocenters. The second-order valence-corrected chi connectivity index (χ2v) is 23.9. The third kappa shape index (κ3) is 3.31. The zero-order valence-electron chi connectivity index (χ0n) is 14.0. The maximum atomic E-state index is 2.56. The minimum atomic E-state index is -1.68. The average molecular weight is 453 g/mol. The van der Waals surface area contributed by atoms with Crippen LogP contribution in [0.3, 0.4) is 0 Å². The summed E-state index contributed by atoms with van der Waals surface area (Å²) in [5, 5.41) is 0. The van der Waals surface area contributed by atoms with Gasteiger partial charge >= 0.3 is 141 Å². The van der Waals surface area contributed by atoms with E-state index < -0.39 is 20.4 Å². The van der Waals surface area contributed by atoms with Gasteiger partial charge in [-0.25, -0.2) is 0 Å².